The number of likely N-dealkylation sites (tertiary alicyclic amines) is 1. The number of nitrogens with zero attached hydrogens (tertiary/aromatic N) is 3. The molecule has 1 N–H and O–H groups in total. The Morgan fingerprint density at radius 3 is 2.44 bits per heavy atom. The summed E-state index contributed by atoms with van der Waals surface area (Å²) in [6, 6.07) is 0. The van der Waals surface area contributed by atoms with Gasteiger partial charge in [-0.25, -0.2) is 0 Å². The quantitative estimate of drug-likeness (QED) is 0.782. The summed E-state index contributed by atoms with van der Waals surface area (Å²) in [5.74, 6) is -0.289. The van der Waals surface area contributed by atoms with Crippen LogP contribution < -0.4 is 5.32 Å². The second-order valence-corrected chi connectivity index (χ2v) is 8.28. The van der Waals surface area contributed by atoms with Crippen LogP contribution in [0, 0.1) is 17.8 Å². The largest absolute Gasteiger partial charge is 0.300 e. The van der Waals surface area contributed by atoms with Crippen LogP contribution in [-0.4, -0.2) is 39.4 Å². The van der Waals surface area contributed by atoms with Crippen molar-refractivity contribution < 1.29 is 14.4 Å². The number of fused-ring (bicyclic) bond motifs is 1. The Labute approximate surface area is 151 Å². The van der Waals surface area contributed by atoms with Gasteiger partial charge >= 0.3 is 0 Å². The predicted molar refractivity (Wildman–Crippen MR) is 93.9 cm³/mol. The first-order valence-corrected chi connectivity index (χ1v) is 9.75. The van der Waals surface area contributed by atoms with Crippen LogP contribution in [0.15, 0.2) is 0 Å². The maximum atomic E-state index is 12.4. The maximum Gasteiger partial charge on any atom is 0.233 e. The van der Waals surface area contributed by atoms with Crippen LogP contribution in [-0.2, 0) is 20.8 Å². The summed E-state index contributed by atoms with van der Waals surface area (Å²) in [4.78, 5) is 38.1. The normalized spacial score (nSPS) is 23.2. The molecular weight excluding hydrogens is 340 g/mol. The second-order valence-electron chi connectivity index (χ2n) is 7.22. The number of anilines is 1. The Bertz CT molecular complexity index is 649. The molecule has 2 atom stereocenters. The van der Waals surface area contributed by atoms with Crippen LogP contribution in [0.4, 0.5) is 5.13 Å². The van der Waals surface area contributed by atoms with Crippen molar-refractivity contribution in [3.63, 3.8) is 0 Å². The van der Waals surface area contributed by atoms with Gasteiger partial charge in [0.2, 0.25) is 22.9 Å². The van der Waals surface area contributed by atoms with Crippen molar-refractivity contribution >= 4 is 34.2 Å². The third-order valence-corrected chi connectivity index (χ3v) is 5.65. The smallest absolute Gasteiger partial charge is 0.233 e. The molecule has 1 aromatic rings. The summed E-state index contributed by atoms with van der Waals surface area (Å²) in [6.45, 7) is 4.34. The van der Waals surface area contributed by atoms with Gasteiger partial charge in [0.15, 0.2) is 0 Å². The molecule has 1 aliphatic heterocycles. The minimum absolute atomic E-state index is 0.0933. The van der Waals surface area contributed by atoms with Gasteiger partial charge in [0, 0.05) is 19.4 Å². The zero-order valence-electron chi connectivity index (χ0n) is 14.7. The summed E-state index contributed by atoms with van der Waals surface area (Å²) in [5.41, 5.74) is 0. The lowest BCUT2D eigenvalue weighted by Gasteiger charge is -2.19. The van der Waals surface area contributed by atoms with E-state index in [-0.39, 0.29) is 42.5 Å². The first-order valence-electron chi connectivity index (χ1n) is 8.93. The van der Waals surface area contributed by atoms with Crippen LogP contribution in [0.2, 0.25) is 0 Å². The predicted octanol–water partition coefficient (Wildman–Crippen LogP) is 2.24. The Morgan fingerprint density at radius 2 is 1.84 bits per heavy atom. The average Bonchev–Trinajstić information content (AvgIpc) is 3.09. The number of hydrogen-bond acceptors (Lipinski definition) is 6. The summed E-state index contributed by atoms with van der Waals surface area (Å²) in [6.07, 6.45) is 4.51. The van der Waals surface area contributed by atoms with Crippen molar-refractivity contribution in [1.29, 1.82) is 0 Å². The molecule has 8 heteroatoms. The van der Waals surface area contributed by atoms with Crippen molar-refractivity contribution in [3.8, 4) is 0 Å². The molecular formula is C17H24N4O3S. The molecule has 3 rings (SSSR count). The molecule has 3 amide bonds. The zero-order valence-corrected chi connectivity index (χ0v) is 15.5. The van der Waals surface area contributed by atoms with Crippen molar-refractivity contribution in [2.75, 3.05) is 11.9 Å². The molecule has 7 nitrogen and oxygen atoms in total. The van der Waals surface area contributed by atoms with Gasteiger partial charge in [-0.05, 0) is 18.8 Å². The monoisotopic (exact) mass is 364 g/mol. The van der Waals surface area contributed by atoms with E-state index in [4.69, 9.17) is 0 Å². The summed E-state index contributed by atoms with van der Waals surface area (Å²) in [5, 5.41) is 12.1. The van der Waals surface area contributed by atoms with Crippen molar-refractivity contribution in [2.45, 2.75) is 52.4 Å². The van der Waals surface area contributed by atoms with E-state index < -0.39 is 0 Å². The maximum absolute atomic E-state index is 12.4. The molecule has 0 bridgehead atoms. The number of carbonyl (C=O) groups excluding carboxylic acids is 3. The second kappa shape index (κ2) is 7.59. The highest BCUT2D eigenvalue weighted by atomic mass is 32.1. The van der Waals surface area contributed by atoms with Crippen LogP contribution in [0.1, 0.15) is 51.0 Å². The number of carbonyl (C=O) groups is 3. The van der Waals surface area contributed by atoms with E-state index in [1.165, 1.54) is 16.2 Å². The Balaban J connectivity index is 1.51. The van der Waals surface area contributed by atoms with Gasteiger partial charge in [0.1, 0.15) is 5.01 Å². The number of hydrogen-bond donors (Lipinski definition) is 1. The first-order chi connectivity index (χ1) is 12.0. The molecule has 0 unspecified atom stereocenters. The highest BCUT2D eigenvalue weighted by Gasteiger charge is 2.47. The van der Waals surface area contributed by atoms with Crippen molar-refractivity contribution in [2.24, 2.45) is 17.8 Å². The van der Waals surface area contributed by atoms with Gasteiger partial charge in [-0.2, -0.15) is 0 Å². The summed E-state index contributed by atoms with van der Waals surface area (Å²) >= 11 is 1.36. The molecule has 25 heavy (non-hydrogen) atoms. The molecule has 1 aromatic heterocycles. The van der Waals surface area contributed by atoms with Crippen LogP contribution >= 0.6 is 11.3 Å². The van der Waals surface area contributed by atoms with E-state index in [0.717, 1.165) is 37.1 Å². The van der Waals surface area contributed by atoms with E-state index in [0.29, 0.717) is 11.0 Å². The number of imide groups is 1. The van der Waals surface area contributed by atoms with Gasteiger partial charge in [-0.1, -0.05) is 38.0 Å². The van der Waals surface area contributed by atoms with Gasteiger partial charge in [0.05, 0.1) is 11.8 Å². The minimum atomic E-state index is -0.247. The van der Waals surface area contributed by atoms with Gasteiger partial charge in [-0.3, -0.25) is 19.3 Å². The van der Waals surface area contributed by atoms with E-state index in [9.17, 15) is 14.4 Å². The fourth-order valence-corrected chi connectivity index (χ4v) is 4.55. The van der Waals surface area contributed by atoms with E-state index in [1.54, 1.807) is 0 Å². The molecule has 2 fully saturated rings. The molecule has 0 radical (unpaired) electrons. The SMILES string of the molecule is CC(C)Cc1nnc(NC(=O)CCN2C(=O)[C@H]3CCCC[C@@H]3C2=O)s1. The average molecular weight is 364 g/mol. The Morgan fingerprint density at radius 1 is 1.20 bits per heavy atom. The number of amides is 3. The Hall–Kier alpha value is -1.83. The van der Waals surface area contributed by atoms with E-state index >= 15 is 0 Å². The first kappa shape index (κ1) is 18.0. The lowest BCUT2D eigenvalue weighted by Crippen LogP contribution is -2.34. The molecule has 0 spiro atoms. The van der Waals surface area contributed by atoms with Crippen LogP contribution in [0.3, 0.4) is 0 Å². The van der Waals surface area contributed by atoms with Crippen molar-refractivity contribution in [3.05, 3.63) is 5.01 Å². The van der Waals surface area contributed by atoms with Crippen LogP contribution in [0.5, 0.6) is 0 Å². The number of nitrogens with one attached hydrogen (secondary N) is 1. The lowest BCUT2D eigenvalue weighted by atomic mass is 9.81. The molecule has 1 saturated heterocycles. The van der Waals surface area contributed by atoms with Gasteiger partial charge in [0.25, 0.3) is 0 Å². The topological polar surface area (TPSA) is 92.3 Å². The molecule has 2 aliphatic rings. The van der Waals surface area contributed by atoms with Crippen molar-refractivity contribution in [1.82, 2.24) is 15.1 Å². The Kier molecular flexibility index (Phi) is 5.46. The van der Waals surface area contributed by atoms with Gasteiger partial charge < -0.3 is 5.32 Å². The fraction of sp³-hybridized carbons (Fsp3) is 0.706. The standard InChI is InChI=1S/C17H24N4O3S/c1-10(2)9-14-19-20-17(25-14)18-13(22)7-8-21-15(23)11-5-3-4-6-12(11)16(21)24/h10-12H,3-9H2,1-2H3,(H,18,20,22)/t11-,12-/m0/s1. The molecule has 1 aliphatic carbocycles. The highest BCUT2D eigenvalue weighted by molar-refractivity contribution is 7.15. The van der Waals surface area contributed by atoms with Crippen LogP contribution in [0.25, 0.3) is 0 Å². The lowest BCUT2D eigenvalue weighted by molar-refractivity contribution is -0.140. The molecule has 1 saturated carbocycles. The number of aromatic nitrogens is 2. The molecule has 0 aromatic carbocycles. The van der Waals surface area contributed by atoms with Gasteiger partial charge in [-0.15, -0.1) is 10.2 Å². The third-order valence-electron chi connectivity index (χ3n) is 4.79. The third kappa shape index (κ3) is 4.05. The minimum Gasteiger partial charge on any atom is -0.300 e. The summed E-state index contributed by atoms with van der Waals surface area (Å²) < 4.78 is 0. The molecule has 136 valence electrons. The molecule has 2 heterocycles. The zero-order chi connectivity index (χ0) is 18.0. The number of rotatable bonds is 6. The summed E-state index contributed by atoms with van der Waals surface area (Å²) in [7, 11) is 0. The van der Waals surface area contributed by atoms with E-state index in [1.807, 2.05) is 0 Å². The fourth-order valence-electron chi connectivity index (χ4n) is 3.58. The highest BCUT2D eigenvalue weighted by Crippen LogP contribution is 2.37. The van der Waals surface area contributed by atoms with E-state index in [2.05, 4.69) is 29.4 Å².